The third-order valence-corrected chi connectivity index (χ3v) is 5.28. The lowest BCUT2D eigenvalue weighted by Crippen LogP contribution is -2.31. The third kappa shape index (κ3) is 3.45. The van der Waals surface area contributed by atoms with Gasteiger partial charge in [0.15, 0.2) is 5.11 Å². The van der Waals surface area contributed by atoms with Crippen LogP contribution in [-0.2, 0) is 0 Å². The molecule has 0 amide bonds. The van der Waals surface area contributed by atoms with Crippen LogP contribution in [-0.4, -0.2) is 31.1 Å². The molecule has 1 N–H and O–H groups in total. The van der Waals surface area contributed by atoms with Crippen molar-refractivity contribution in [1.29, 1.82) is 0 Å². The molecule has 0 aromatic carbocycles. The maximum atomic E-state index is 5.70. The number of nitrogens with zero attached hydrogens (tertiary/aromatic N) is 4. The minimum atomic E-state index is 0.00733. The minimum Gasteiger partial charge on any atom is -0.352 e. The van der Waals surface area contributed by atoms with Crippen LogP contribution in [0.1, 0.15) is 43.2 Å². The van der Waals surface area contributed by atoms with Gasteiger partial charge < -0.3 is 14.8 Å². The van der Waals surface area contributed by atoms with Crippen molar-refractivity contribution >= 4 is 17.3 Å². The van der Waals surface area contributed by atoms with E-state index in [1.54, 1.807) is 0 Å². The predicted molar refractivity (Wildman–Crippen MR) is 111 cm³/mol. The first-order valence-corrected chi connectivity index (χ1v) is 9.77. The third-order valence-electron chi connectivity index (χ3n) is 4.93. The fraction of sp³-hybridized carbons (Fsp3) is 0.286. The number of hydrogen-bond acceptors (Lipinski definition) is 3. The average molecular weight is 378 g/mol. The molecule has 1 saturated heterocycles. The fourth-order valence-electron chi connectivity index (χ4n) is 3.64. The van der Waals surface area contributed by atoms with Crippen LogP contribution < -0.4 is 5.32 Å². The van der Waals surface area contributed by atoms with Crippen LogP contribution in [0, 0.1) is 0 Å². The number of pyridine rings is 2. The summed E-state index contributed by atoms with van der Waals surface area (Å²) in [6.07, 6.45) is 7.94. The van der Waals surface area contributed by atoms with E-state index in [9.17, 15) is 0 Å². The van der Waals surface area contributed by atoms with Crippen molar-refractivity contribution in [3.63, 3.8) is 0 Å². The lowest BCUT2D eigenvalue weighted by atomic mass is 10.0. The Labute approximate surface area is 165 Å². The van der Waals surface area contributed by atoms with E-state index in [1.165, 1.54) is 0 Å². The molecule has 0 spiro atoms. The normalized spacial score (nSPS) is 19.3. The molecule has 3 aromatic heterocycles. The molecule has 0 unspecified atom stereocenters. The molecular formula is C21H23N5S. The van der Waals surface area contributed by atoms with Crippen molar-refractivity contribution in [3.05, 3.63) is 78.5 Å². The molecule has 4 rings (SSSR count). The summed E-state index contributed by atoms with van der Waals surface area (Å²) in [7, 11) is 0. The summed E-state index contributed by atoms with van der Waals surface area (Å²) in [5.74, 6) is 0.908. The van der Waals surface area contributed by atoms with Crippen molar-refractivity contribution in [2.75, 3.05) is 6.54 Å². The molecule has 0 saturated carbocycles. The molecule has 138 valence electrons. The minimum absolute atomic E-state index is 0.00733. The molecule has 2 atom stereocenters. The van der Waals surface area contributed by atoms with Crippen LogP contribution in [0.25, 0.3) is 5.82 Å². The van der Waals surface area contributed by atoms with Gasteiger partial charge in [-0.15, -0.1) is 0 Å². The van der Waals surface area contributed by atoms with E-state index in [1.807, 2.05) is 42.7 Å². The van der Waals surface area contributed by atoms with Crippen LogP contribution in [0.15, 0.2) is 67.1 Å². The van der Waals surface area contributed by atoms with E-state index >= 15 is 0 Å². The Morgan fingerprint density at radius 3 is 2.56 bits per heavy atom. The number of thiocarbonyl (C=S) groups is 1. The maximum Gasteiger partial charge on any atom is 0.170 e. The van der Waals surface area contributed by atoms with Crippen LogP contribution in [0.5, 0.6) is 0 Å². The second-order valence-electron chi connectivity index (χ2n) is 6.66. The van der Waals surface area contributed by atoms with Crippen molar-refractivity contribution in [3.8, 4) is 5.82 Å². The quantitative estimate of drug-likeness (QED) is 0.657. The van der Waals surface area contributed by atoms with E-state index in [2.05, 4.69) is 56.1 Å². The van der Waals surface area contributed by atoms with Crippen LogP contribution in [0.4, 0.5) is 0 Å². The van der Waals surface area contributed by atoms with Gasteiger partial charge in [-0.2, -0.15) is 0 Å². The first kappa shape index (κ1) is 17.7. The summed E-state index contributed by atoms with van der Waals surface area (Å²) in [5.41, 5.74) is 2.16. The topological polar surface area (TPSA) is 46.0 Å². The lowest BCUT2D eigenvalue weighted by molar-refractivity contribution is 0.304. The molecular weight excluding hydrogens is 354 g/mol. The molecule has 0 bridgehead atoms. The number of aromatic nitrogens is 3. The van der Waals surface area contributed by atoms with Gasteiger partial charge in [-0.25, -0.2) is 4.98 Å². The van der Waals surface area contributed by atoms with Gasteiger partial charge in [0.25, 0.3) is 0 Å². The zero-order valence-corrected chi connectivity index (χ0v) is 16.1. The molecule has 1 aliphatic heterocycles. The van der Waals surface area contributed by atoms with E-state index in [-0.39, 0.29) is 12.1 Å². The summed E-state index contributed by atoms with van der Waals surface area (Å²) in [6, 6.07) is 16.3. The Morgan fingerprint density at radius 2 is 1.85 bits per heavy atom. The lowest BCUT2D eigenvalue weighted by Gasteiger charge is -2.28. The zero-order chi connectivity index (χ0) is 18.6. The van der Waals surface area contributed by atoms with Crippen LogP contribution in [0.2, 0.25) is 0 Å². The maximum absolute atomic E-state index is 5.70. The standard InChI is InChI=1S/C21H23N5S/c1-2-3-14-26-20(19(24-21(26)27)16-9-4-6-12-22-16)17-10-8-15-25(17)18-11-5-7-13-23-18/h4-13,15,19-20H,2-3,14H2,1H3,(H,24,27)/t19-,20+/m1/s1. The Kier molecular flexibility index (Phi) is 5.16. The number of rotatable bonds is 6. The molecule has 5 nitrogen and oxygen atoms in total. The van der Waals surface area contributed by atoms with Gasteiger partial charge in [-0.05, 0) is 55.0 Å². The van der Waals surface area contributed by atoms with Gasteiger partial charge in [0.05, 0.1) is 17.8 Å². The van der Waals surface area contributed by atoms with E-state index in [0.717, 1.165) is 41.7 Å². The highest BCUT2D eigenvalue weighted by molar-refractivity contribution is 7.80. The van der Waals surface area contributed by atoms with E-state index in [0.29, 0.717) is 0 Å². The number of nitrogens with one attached hydrogen (secondary N) is 1. The largest absolute Gasteiger partial charge is 0.352 e. The fourth-order valence-corrected chi connectivity index (χ4v) is 3.97. The van der Waals surface area contributed by atoms with Crippen molar-refractivity contribution in [2.24, 2.45) is 0 Å². The molecule has 6 heteroatoms. The number of hydrogen-bond donors (Lipinski definition) is 1. The summed E-state index contributed by atoms with van der Waals surface area (Å²) in [5, 5.41) is 4.30. The van der Waals surface area contributed by atoms with Gasteiger partial charge in [0.2, 0.25) is 0 Å². The molecule has 27 heavy (non-hydrogen) atoms. The van der Waals surface area contributed by atoms with Gasteiger partial charge in [0, 0.05) is 30.8 Å². The monoisotopic (exact) mass is 377 g/mol. The second-order valence-corrected chi connectivity index (χ2v) is 7.05. The van der Waals surface area contributed by atoms with Crippen molar-refractivity contribution < 1.29 is 0 Å². The molecule has 4 heterocycles. The van der Waals surface area contributed by atoms with Gasteiger partial charge in [-0.1, -0.05) is 25.5 Å². The average Bonchev–Trinajstić information content (AvgIpc) is 3.32. The van der Waals surface area contributed by atoms with E-state index < -0.39 is 0 Å². The zero-order valence-electron chi connectivity index (χ0n) is 15.3. The molecule has 1 aliphatic rings. The Hall–Kier alpha value is -2.73. The summed E-state index contributed by atoms with van der Waals surface area (Å²) in [6.45, 7) is 3.12. The highest BCUT2D eigenvalue weighted by Crippen LogP contribution is 2.39. The summed E-state index contributed by atoms with van der Waals surface area (Å²) in [4.78, 5) is 11.4. The van der Waals surface area contributed by atoms with E-state index in [4.69, 9.17) is 12.2 Å². The first-order valence-electron chi connectivity index (χ1n) is 9.36. The SMILES string of the molecule is CCCCN1C(=S)N[C@H](c2ccccn2)[C@@H]1c1cccn1-c1ccccn1. The Bertz CT molecular complexity index is 893. The van der Waals surface area contributed by atoms with Gasteiger partial charge in [-0.3, -0.25) is 4.98 Å². The number of unbranched alkanes of at least 4 members (excludes halogenated alkanes) is 1. The molecule has 3 aromatic rings. The Balaban J connectivity index is 1.78. The highest BCUT2D eigenvalue weighted by Gasteiger charge is 2.40. The molecule has 0 radical (unpaired) electrons. The van der Waals surface area contributed by atoms with Gasteiger partial charge in [0.1, 0.15) is 5.82 Å². The first-order chi connectivity index (χ1) is 13.3. The summed E-state index contributed by atoms with van der Waals surface area (Å²) >= 11 is 5.70. The second kappa shape index (κ2) is 7.88. The Morgan fingerprint density at radius 1 is 1.04 bits per heavy atom. The summed E-state index contributed by atoms with van der Waals surface area (Å²) < 4.78 is 2.15. The predicted octanol–water partition coefficient (Wildman–Crippen LogP) is 4.04. The molecule has 0 aliphatic carbocycles. The van der Waals surface area contributed by atoms with Crippen molar-refractivity contribution in [1.82, 2.24) is 24.8 Å². The molecule has 1 fully saturated rings. The smallest absolute Gasteiger partial charge is 0.170 e. The van der Waals surface area contributed by atoms with Crippen molar-refractivity contribution in [2.45, 2.75) is 31.8 Å². The van der Waals surface area contributed by atoms with Crippen LogP contribution >= 0.6 is 12.2 Å². The highest BCUT2D eigenvalue weighted by atomic mass is 32.1. The van der Waals surface area contributed by atoms with Crippen LogP contribution in [0.3, 0.4) is 0 Å². The van der Waals surface area contributed by atoms with Gasteiger partial charge >= 0.3 is 0 Å².